The number of hydrogen-bond acceptors (Lipinski definition) is 3. The number of nitrogens with zero attached hydrogens (tertiary/aromatic N) is 2. The summed E-state index contributed by atoms with van der Waals surface area (Å²) in [5, 5.41) is 3.22. The zero-order chi connectivity index (χ0) is 14.8. The Morgan fingerprint density at radius 3 is 2.65 bits per heavy atom. The number of nitrogens with one attached hydrogen (secondary N) is 1. The van der Waals surface area contributed by atoms with Gasteiger partial charge in [0.2, 0.25) is 5.91 Å². The van der Waals surface area contributed by atoms with Crippen LogP contribution in [0.3, 0.4) is 0 Å². The Balaban J connectivity index is 2.03. The van der Waals surface area contributed by atoms with E-state index in [4.69, 9.17) is 4.74 Å². The third kappa shape index (κ3) is 3.39. The number of hydrogen-bond donors (Lipinski definition) is 1. The minimum Gasteiger partial charge on any atom is -0.384 e. The van der Waals surface area contributed by atoms with Crippen molar-refractivity contribution in [1.82, 2.24) is 14.9 Å². The number of imidazole rings is 1. The summed E-state index contributed by atoms with van der Waals surface area (Å²) in [4.78, 5) is 16.5. The molecule has 1 N–H and O–H groups in total. The van der Waals surface area contributed by atoms with Crippen LogP contribution in [0.5, 0.6) is 0 Å². The molecule has 1 amide bonds. The predicted octanol–water partition coefficient (Wildman–Crippen LogP) is 1.84. The molecule has 0 unspecified atom stereocenters. The van der Waals surface area contributed by atoms with Crippen molar-refractivity contribution in [2.45, 2.75) is 46.2 Å². The molecule has 1 aliphatic carbocycles. The van der Waals surface area contributed by atoms with E-state index < -0.39 is 0 Å². The van der Waals surface area contributed by atoms with E-state index in [9.17, 15) is 4.79 Å². The van der Waals surface area contributed by atoms with Crippen LogP contribution in [0.2, 0.25) is 0 Å². The number of amides is 1. The van der Waals surface area contributed by atoms with Crippen molar-refractivity contribution in [3.05, 3.63) is 18.7 Å². The molecule has 0 spiro atoms. The Hall–Kier alpha value is -1.36. The number of methoxy groups -OCH3 is 1. The van der Waals surface area contributed by atoms with Gasteiger partial charge in [-0.15, -0.1) is 0 Å². The lowest BCUT2D eigenvalue weighted by Crippen LogP contribution is -2.49. The van der Waals surface area contributed by atoms with Crippen molar-refractivity contribution in [2.75, 3.05) is 13.7 Å². The van der Waals surface area contributed by atoms with E-state index in [1.165, 1.54) is 0 Å². The van der Waals surface area contributed by atoms with E-state index in [0.29, 0.717) is 6.61 Å². The molecule has 0 saturated heterocycles. The summed E-state index contributed by atoms with van der Waals surface area (Å²) in [5.41, 5.74) is -0.295. The third-order valence-corrected chi connectivity index (χ3v) is 4.06. The molecular weight excluding hydrogens is 254 g/mol. The van der Waals surface area contributed by atoms with E-state index in [0.717, 1.165) is 19.4 Å². The quantitative estimate of drug-likeness (QED) is 0.864. The summed E-state index contributed by atoms with van der Waals surface area (Å²) in [6.45, 7) is 7.68. The monoisotopic (exact) mass is 279 g/mol. The Kier molecular flexibility index (Phi) is 4.18. The lowest BCUT2D eigenvalue weighted by molar-refractivity contribution is -0.129. The van der Waals surface area contributed by atoms with Crippen LogP contribution in [-0.2, 0) is 16.1 Å². The highest BCUT2D eigenvalue weighted by Gasteiger charge is 2.50. The largest absolute Gasteiger partial charge is 0.384 e. The second kappa shape index (κ2) is 5.56. The molecule has 0 radical (unpaired) electrons. The van der Waals surface area contributed by atoms with Crippen molar-refractivity contribution in [1.29, 1.82) is 0 Å². The zero-order valence-corrected chi connectivity index (χ0v) is 12.8. The molecule has 112 valence electrons. The molecule has 5 heteroatoms. The fourth-order valence-corrected chi connectivity index (χ4v) is 2.32. The van der Waals surface area contributed by atoms with Gasteiger partial charge in [0.05, 0.1) is 24.4 Å². The molecule has 5 nitrogen and oxygen atoms in total. The first-order chi connectivity index (χ1) is 9.37. The first-order valence-electron chi connectivity index (χ1n) is 7.13. The number of ether oxygens (including phenoxy) is 1. The highest BCUT2D eigenvalue weighted by Crippen LogP contribution is 2.46. The lowest BCUT2D eigenvalue weighted by Gasteiger charge is -2.33. The van der Waals surface area contributed by atoms with Crippen molar-refractivity contribution in [2.24, 2.45) is 10.8 Å². The topological polar surface area (TPSA) is 56.1 Å². The van der Waals surface area contributed by atoms with E-state index in [1.54, 1.807) is 19.6 Å². The van der Waals surface area contributed by atoms with Gasteiger partial charge in [-0.2, -0.15) is 0 Å². The van der Waals surface area contributed by atoms with Crippen LogP contribution in [0.1, 0.15) is 33.6 Å². The van der Waals surface area contributed by atoms with E-state index in [-0.39, 0.29) is 22.8 Å². The van der Waals surface area contributed by atoms with Gasteiger partial charge in [0.15, 0.2) is 0 Å². The van der Waals surface area contributed by atoms with Crippen LogP contribution in [0.25, 0.3) is 0 Å². The SMILES string of the molecule is COCC1(C(=O)N[C@@H](Cn2ccnc2)C(C)(C)C)CC1. The maximum Gasteiger partial charge on any atom is 0.228 e. The van der Waals surface area contributed by atoms with Crippen LogP contribution >= 0.6 is 0 Å². The van der Waals surface area contributed by atoms with Gasteiger partial charge in [-0.3, -0.25) is 4.79 Å². The van der Waals surface area contributed by atoms with Crippen molar-refractivity contribution < 1.29 is 9.53 Å². The first-order valence-corrected chi connectivity index (χ1v) is 7.13. The molecule has 1 aromatic rings. The summed E-state index contributed by atoms with van der Waals surface area (Å²) in [7, 11) is 1.65. The van der Waals surface area contributed by atoms with Crippen molar-refractivity contribution >= 4 is 5.91 Å². The summed E-state index contributed by atoms with van der Waals surface area (Å²) in [6, 6.07) is 0.0681. The molecule has 1 saturated carbocycles. The number of carbonyl (C=O) groups is 1. The molecular formula is C15H25N3O2. The average molecular weight is 279 g/mol. The second-order valence-electron chi connectivity index (χ2n) is 6.86. The molecule has 1 fully saturated rings. The molecule has 1 atom stereocenters. The van der Waals surface area contributed by atoms with E-state index in [2.05, 4.69) is 31.1 Å². The summed E-state index contributed by atoms with van der Waals surface area (Å²) >= 11 is 0. The number of carbonyl (C=O) groups excluding carboxylic acids is 1. The molecule has 0 bridgehead atoms. The standard InChI is InChI=1S/C15H25N3O2/c1-14(2,3)12(9-18-8-7-16-11-18)17-13(19)15(5-6-15)10-20-4/h7-8,11-12H,5-6,9-10H2,1-4H3,(H,17,19)/t12-/m0/s1. The Bertz CT molecular complexity index is 444. The third-order valence-electron chi connectivity index (χ3n) is 4.06. The van der Waals surface area contributed by atoms with Gasteiger partial charge in [-0.1, -0.05) is 20.8 Å². The molecule has 1 aliphatic rings. The zero-order valence-electron chi connectivity index (χ0n) is 12.8. The minimum absolute atomic E-state index is 0.0108. The van der Waals surface area contributed by atoms with E-state index >= 15 is 0 Å². The van der Waals surface area contributed by atoms with Crippen LogP contribution in [-0.4, -0.2) is 35.2 Å². The van der Waals surface area contributed by atoms with Gasteiger partial charge in [0.1, 0.15) is 0 Å². The molecule has 0 aromatic carbocycles. The van der Waals surface area contributed by atoms with Crippen LogP contribution in [0.4, 0.5) is 0 Å². The van der Waals surface area contributed by atoms with Gasteiger partial charge >= 0.3 is 0 Å². The fourth-order valence-electron chi connectivity index (χ4n) is 2.32. The molecule has 2 rings (SSSR count). The highest BCUT2D eigenvalue weighted by molar-refractivity contribution is 5.85. The van der Waals surface area contributed by atoms with Crippen LogP contribution in [0.15, 0.2) is 18.7 Å². The summed E-state index contributed by atoms with van der Waals surface area (Å²) < 4.78 is 7.19. The van der Waals surface area contributed by atoms with Gasteiger partial charge < -0.3 is 14.6 Å². The smallest absolute Gasteiger partial charge is 0.228 e. The molecule has 1 aromatic heterocycles. The van der Waals surface area contributed by atoms with Crippen molar-refractivity contribution in [3.8, 4) is 0 Å². The highest BCUT2D eigenvalue weighted by atomic mass is 16.5. The van der Waals surface area contributed by atoms with Gasteiger partial charge in [0.25, 0.3) is 0 Å². The molecule has 1 heterocycles. The van der Waals surface area contributed by atoms with Gasteiger partial charge in [-0.05, 0) is 18.3 Å². The summed E-state index contributed by atoms with van der Waals surface area (Å²) in [6.07, 6.45) is 7.32. The summed E-state index contributed by atoms with van der Waals surface area (Å²) in [5.74, 6) is 0.124. The van der Waals surface area contributed by atoms with Crippen LogP contribution < -0.4 is 5.32 Å². The first kappa shape index (κ1) is 15.0. The van der Waals surface area contributed by atoms with Crippen LogP contribution in [0, 0.1) is 10.8 Å². The van der Waals surface area contributed by atoms with Gasteiger partial charge in [-0.25, -0.2) is 4.98 Å². The van der Waals surface area contributed by atoms with E-state index in [1.807, 2.05) is 10.8 Å². The van der Waals surface area contributed by atoms with Gasteiger partial charge in [0, 0.05) is 26.0 Å². The average Bonchev–Trinajstić information content (AvgIpc) is 2.96. The number of rotatable bonds is 6. The lowest BCUT2D eigenvalue weighted by atomic mass is 9.86. The maximum atomic E-state index is 12.5. The Morgan fingerprint density at radius 1 is 1.50 bits per heavy atom. The molecule has 20 heavy (non-hydrogen) atoms. The predicted molar refractivity (Wildman–Crippen MR) is 77.2 cm³/mol. The van der Waals surface area contributed by atoms with Crippen molar-refractivity contribution in [3.63, 3.8) is 0 Å². The Labute approximate surface area is 120 Å². The minimum atomic E-state index is -0.285. The second-order valence-corrected chi connectivity index (χ2v) is 6.86. The normalized spacial score (nSPS) is 18.6. The fraction of sp³-hybridized carbons (Fsp3) is 0.733. The number of aromatic nitrogens is 2. The maximum absolute atomic E-state index is 12.5. The Morgan fingerprint density at radius 2 is 2.20 bits per heavy atom. The molecule has 0 aliphatic heterocycles.